The number of carbonyl (C=O) groups is 1. The van der Waals surface area contributed by atoms with Crippen LogP contribution in [0.1, 0.15) is 50.3 Å². The summed E-state index contributed by atoms with van der Waals surface area (Å²) in [5, 5.41) is 9.80. The van der Waals surface area contributed by atoms with E-state index in [0.717, 1.165) is 30.5 Å². The zero-order chi connectivity index (χ0) is 19.9. The maximum absolute atomic E-state index is 11.9. The summed E-state index contributed by atoms with van der Waals surface area (Å²) in [6.07, 6.45) is 6.11. The van der Waals surface area contributed by atoms with E-state index in [1.54, 1.807) is 6.20 Å². The first-order valence-electron chi connectivity index (χ1n) is 9.93. The molecule has 2 unspecified atom stereocenters. The molecule has 0 saturated carbocycles. The van der Waals surface area contributed by atoms with Crippen LogP contribution in [-0.4, -0.2) is 46.8 Å². The van der Waals surface area contributed by atoms with E-state index in [9.17, 15) is 9.90 Å². The van der Waals surface area contributed by atoms with Gasteiger partial charge < -0.3 is 14.6 Å². The van der Waals surface area contributed by atoms with Crippen molar-refractivity contribution in [1.29, 1.82) is 0 Å². The van der Waals surface area contributed by atoms with E-state index in [1.807, 2.05) is 50.4 Å². The number of likely N-dealkylation sites (tertiary alicyclic amines) is 1. The van der Waals surface area contributed by atoms with Crippen LogP contribution in [0, 0.1) is 0 Å². The second kappa shape index (κ2) is 9.55. The number of carboxylic acid groups (broad SMARTS) is 1. The fourth-order valence-electron chi connectivity index (χ4n) is 3.88. The van der Waals surface area contributed by atoms with Crippen molar-refractivity contribution in [1.82, 2.24) is 9.88 Å². The highest BCUT2D eigenvalue weighted by molar-refractivity contribution is 5.73. The molecule has 0 aliphatic carbocycles. The molecule has 0 bridgehead atoms. The molecule has 0 radical (unpaired) electrons. The molecule has 28 heavy (non-hydrogen) atoms. The van der Waals surface area contributed by atoms with Gasteiger partial charge in [0.15, 0.2) is 11.5 Å². The molecule has 2 heterocycles. The Morgan fingerprint density at radius 3 is 2.64 bits per heavy atom. The van der Waals surface area contributed by atoms with Gasteiger partial charge in [-0.2, -0.15) is 0 Å². The van der Waals surface area contributed by atoms with Crippen LogP contribution in [0.2, 0.25) is 0 Å². The SMILES string of the molecule is CCOc1ccc(C(c2cccnc2)N2CCCCC2C(=O)O)cc1OCC. The lowest BCUT2D eigenvalue weighted by molar-refractivity contribution is -0.145. The number of rotatable bonds is 8. The van der Waals surface area contributed by atoms with Crippen LogP contribution in [0.25, 0.3) is 0 Å². The molecule has 0 amide bonds. The third kappa shape index (κ3) is 4.44. The van der Waals surface area contributed by atoms with Crippen LogP contribution in [-0.2, 0) is 4.79 Å². The highest BCUT2D eigenvalue weighted by atomic mass is 16.5. The topological polar surface area (TPSA) is 71.9 Å². The first kappa shape index (κ1) is 20.1. The van der Waals surface area contributed by atoms with E-state index >= 15 is 0 Å². The summed E-state index contributed by atoms with van der Waals surface area (Å²) in [6, 6.07) is 9.05. The van der Waals surface area contributed by atoms with Gasteiger partial charge in [-0.25, -0.2) is 0 Å². The van der Waals surface area contributed by atoms with Crippen LogP contribution in [0.4, 0.5) is 0 Å². The number of pyridine rings is 1. The van der Waals surface area contributed by atoms with Gasteiger partial charge in [-0.3, -0.25) is 14.7 Å². The minimum Gasteiger partial charge on any atom is -0.490 e. The zero-order valence-electron chi connectivity index (χ0n) is 16.5. The van der Waals surface area contributed by atoms with Gasteiger partial charge in [-0.1, -0.05) is 18.6 Å². The summed E-state index contributed by atoms with van der Waals surface area (Å²) >= 11 is 0. The first-order chi connectivity index (χ1) is 13.7. The van der Waals surface area contributed by atoms with Crippen LogP contribution < -0.4 is 9.47 Å². The highest BCUT2D eigenvalue weighted by Gasteiger charge is 2.35. The lowest BCUT2D eigenvalue weighted by atomic mass is 9.92. The molecule has 1 saturated heterocycles. The Balaban J connectivity index is 2.07. The molecule has 3 rings (SSSR count). The quantitative estimate of drug-likeness (QED) is 0.744. The summed E-state index contributed by atoms with van der Waals surface area (Å²) in [4.78, 5) is 18.3. The van der Waals surface area contributed by atoms with Gasteiger partial charge in [0.05, 0.1) is 19.3 Å². The van der Waals surface area contributed by atoms with Crippen LogP contribution in [0.15, 0.2) is 42.7 Å². The molecule has 150 valence electrons. The Morgan fingerprint density at radius 2 is 1.96 bits per heavy atom. The summed E-state index contributed by atoms with van der Waals surface area (Å²) in [6.45, 7) is 5.69. The first-order valence-corrected chi connectivity index (χ1v) is 9.93. The lowest BCUT2D eigenvalue weighted by Crippen LogP contribution is -2.46. The number of piperidine rings is 1. The predicted octanol–water partition coefficient (Wildman–Crippen LogP) is 3.91. The molecule has 1 aromatic carbocycles. The van der Waals surface area contributed by atoms with E-state index in [0.29, 0.717) is 31.1 Å². The number of nitrogens with zero attached hydrogens (tertiary/aromatic N) is 2. The Hall–Kier alpha value is -2.60. The van der Waals surface area contributed by atoms with Crippen LogP contribution in [0.3, 0.4) is 0 Å². The van der Waals surface area contributed by atoms with Gasteiger partial charge in [0, 0.05) is 12.4 Å². The molecule has 6 nitrogen and oxygen atoms in total. The van der Waals surface area contributed by atoms with Crippen LogP contribution >= 0.6 is 0 Å². The van der Waals surface area contributed by atoms with Crippen molar-refractivity contribution in [2.45, 2.75) is 45.2 Å². The van der Waals surface area contributed by atoms with E-state index in [4.69, 9.17) is 9.47 Å². The molecule has 2 aromatic rings. The van der Waals surface area contributed by atoms with Gasteiger partial charge in [0.2, 0.25) is 0 Å². The van der Waals surface area contributed by atoms with Crippen molar-refractivity contribution in [2.24, 2.45) is 0 Å². The summed E-state index contributed by atoms with van der Waals surface area (Å²) < 4.78 is 11.5. The molecule has 2 atom stereocenters. The highest BCUT2D eigenvalue weighted by Crippen LogP contribution is 2.38. The molecule has 1 fully saturated rings. The normalized spacial score (nSPS) is 18.4. The molecule has 1 aliphatic heterocycles. The minimum atomic E-state index is -0.774. The second-order valence-electron chi connectivity index (χ2n) is 6.85. The Kier molecular flexibility index (Phi) is 6.87. The second-order valence-corrected chi connectivity index (χ2v) is 6.85. The van der Waals surface area contributed by atoms with E-state index in [-0.39, 0.29) is 6.04 Å². The number of carboxylic acids is 1. The number of aromatic nitrogens is 1. The number of hydrogen-bond acceptors (Lipinski definition) is 5. The monoisotopic (exact) mass is 384 g/mol. The molecule has 1 aromatic heterocycles. The largest absolute Gasteiger partial charge is 0.490 e. The zero-order valence-corrected chi connectivity index (χ0v) is 16.5. The predicted molar refractivity (Wildman–Crippen MR) is 107 cm³/mol. The van der Waals surface area contributed by atoms with Crippen molar-refractivity contribution >= 4 is 5.97 Å². The van der Waals surface area contributed by atoms with Crippen molar-refractivity contribution in [2.75, 3.05) is 19.8 Å². The van der Waals surface area contributed by atoms with Crippen molar-refractivity contribution < 1.29 is 19.4 Å². The van der Waals surface area contributed by atoms with Gasteiger partial charge in [-0.05, 0) is 62.6 Å². The Morgan fingerprint density at radius 1 is 1.18 bits per heavy atom. The number of benzene rings is 1. The van der Waals surface area contributed by atoms with Crippen LogP contribution in [0.5, 0.6) is 11.5 Å². The third-order valence-electron chi connectivity index (χ3n) is 5.04. The Bertz CT molecular complexity index is 781. The maximum Gasteiger partial charge on any atom is 0.320 e. The average Bonchev–Trinajstić information content (AvgIpc) is 2.71. The molecular weight excluding hydrogens is 356 g/mol. The van der Waals surface area contributed by atoms with Gasteiger partial charge in [-0.15, -0.1) is 0 Å². The fraction of sp³-hybridized carbons (Fsp3) is 0.455. The standard InChI is InChI=1S/C22H28N2O4/c1-3-27-19-11-10-16(14-20(19)28-4-2)21(17-8-7-12-23-15-17)24-13-6-5-9-18(24)22(25)26/h7-8,10-12,14-15,18,21H,3-6,9,13H2,1-2H3,(H,25,26). The van der Waals surface area contributed by atoms with E-state index < -0.39 is 12.0 Å². The third-order valence-corrected chi connectivity index (χ3v) is 5.04. The average molecular weight is 384 g/mol. The molecular formula is C22H28N2O4. The summed E-state index contributed by atoms with van der Waals surface area (Å²) in [5.41, 5.74) is 1.95. The van der Waals surface area contributed by atoms with E-state index in [2.05, 4.69) is 9.88 Å². The maximum atomic E-state index is 11.9. The fourth-order valence-corrected chi connectivity index (χ4v) is 3.88. The Labute approximate surface area is 166 Å². The molecule has 6 heteroatoms. The smallest absolute Gasteiger partial charge is 0.320 e. The van der Waals surface area contributed by atoms with Gasteiger partial charge >= 0.3 is 5.97 Å². The lowest BCUT2D eigenvalue weighted by Gasteiger charge is -2.39. The number of hydrogen-bond donors (Lipinski definition) is 1. The van der Waals surface area contributed by atoms with E-state index in [1.165, 1.54) is 0 Å². The molecule has 1 N–H and O–H groups in total. The summed E-state index contributed by atoms with van der Waals surface area (Å²) in [5.74, 6) is 0.607. The molecule has 0 spiro atoms. The van der Waals surface area contributed by atoms with Crippen molar-refractivity contribution in [3.63, 3.8) is 0 Å². The number of ether oxygens (including phenoxy) is 2. The summed E-state index contributed by atoms with van der Waals surface area (Å²) in [7, 11) is 0. The van der Waals surface area contributed by atoms with Crippen molar-refractivity contribution in [3.8, 4) is 11.5 Å². The van der Waals surface area contributed by atoms with Crippen molar-refractivity contribution in [3.05, 3.63) is 53.9 Å². The van der Waals surface area contributed by atoms with Gasteiger partial charge in [0.1, 0.15) is 6.04 Å². The number of aliphatic carboxylic acids is 1. The van der Waals surface area contributed by atoms with Gasteiger partial charge in [0.25, 0.3) is 0 Å². The molecule has 1 aliphatic rings. The minimum absolute atomic E-state index is 0.204.